The van der Waals surface area contributed by atoms with Crippen LogP contribution in [-0.4, -0.2) is 41.2 Å². The Morgan fingerprint density at radius 1 is 1.15 bits per heavy atom. The first-order valence-corrected chi connectivity index (χ1v) is 12.1. The molecule has 33 heavy (non-hydrogen) atoms. The highest BCUT2D eigenvalue weighted by Gasteiger charge is 2.42. The molecule has 3 aromatic rings. The van der Waals surface area contributed by atoms with Crippen molar-refractivity contribution in [2.45, 2.75) is 38.3 Å². The third kappa shape index (κ3) is 4.56. The highest BCUT2D eigenvalue weighted by Crippen LogP contribution is 2.43. The molecule has 1 aromatic heterocycles. The zero-order chi connectivity index (χ0) is 22.4. The summed E-state index contributed by atoms with van der Waals surface area (Å²) in [6.07, 6.45) is 2.88. The Morgan fingerprint density at radius 2 is 1.97 bits per heavy atom. The van der Waals surface area contributed by atoms with Gasteiger partial charge in [0, 0.05) is 23.5 Å². The third-order valence-corrected chi connectivity index (χ3v) is 8.15. The number of aliphatic hydroxyl groups excluding tert-OH is 1. The van der Waals surface area contributed by atoms with Crippen molar-refractivity contribution in [1.82, 2.24) is 9.88 Å². The summed E-state index contributed by atoms with van der Waals surface area (Å²) in [5, 5.41) is 13.6. The molecule has 176 valence electrons. The first-order chi connectivity index (χ1) is 15.5. The van der Waals surface area contributed by atoms with Gasteiger partial charge >= 0.3 is 0 Å². The van der Waals surface area contributed by atoms with E-state index in [1.54, 1.807) is 13.2 Å². The van der Waals surface area contributed by atoms with Crippen LogP contribution in [-0.2, 0) is 0 Å². The highest BCUT2D eigenvalue weighted by atomic mass is 35.5. The molecule has 2 aromatic carbocycles. The number of hydrogen-bond donors (Lipinski definition) is 1. The number of aromatic nitrogens is 1. The number of benzene rings is 2. The van der Waals surface area contributed by atoms with Crippen LogP contribution in [0, 0.1) is 11.8 Å². The summed E-state index contributed by atoms with van der Waals surface area (Å²) in [4.78, 5) is 7.36. The van der Waals surface area contributed by atoms with E-state index >= 15 is 0 Å². The number of ether oxygens (including phenoxy) is 1. The molecule has 0 amide bonds. The average molecular weight is 508 g/mol. The number of nitrogens with zero attached hydrogens (tertiary/aromatic N) is 2. The lowest BCUT2D eigenvalue weighted by Gasteiger charge is -2.51. The summed E-state index contributed by atoms with van der Waals surface area (Å²) in [5.41, 5.74) is 3.37. The molecule has 2 unspecified atom stereocenters. The zero-order valence-corrected chi connectivity index (χ0v) is 21.1. The number of methoxy groups -OCH3 is 1. The van der Waals surface area contributed by atoms with Crippen molar-refractivity contribution in [3.63, 3.8) is 0 Å². The van der Waals surface area contributed by atoms with Crippen molar-refractivity contribution in [2.24, 2.45) is 11.8 Å². The maximum absolute atomic E-state index is 11.7. The van der Waals surface area contributed by atoms with E-state index in [9.17, 15) is 5.11 Å². The van der Waals surface area contributed by atoms with Crippen LogP contribution in [0.25, 0.3) is 22.2 Å². The van der Waals surface area contributed by atoms with Gasteiger partial charge in [0.25, 0.3) is 0 Å². The van der Waals surface area contributed by atoms with Crippen molar-refractivity contribution in [1.29, 1.82) is 0 Å². The molecule has 3 aliphatic rings. The SMILES string of the molecule is CC[C@H]1CN2CC[C@H]1CC2[C@H](O)c1cc(-c2ccc(Cl)c(Cl)c2)nc2ccc(OC)cc12.Cl. The summed E-state index contributed by atoms with van der Waals surface area (Å²) in [5.74, 6) is 2.20. The molecule has 4 heterocycles. The quantitative estimate of drug-likeness (QED) is 0.413. The molecule has 3 fully saturated rings. The summed E-state index contributed by atoms with van der Waals surface area (Å²) in [7, 11) is 1.66. The number of hydrogen-bond acceptors (Lipinski definition) is 4. The Kier molecular flexibility index (Phi) is 7.42. The Labute approximate surface area is 211 Å². The molecule has 6 rings (SSSR count). The van der Waals surface area contributed by atoms with Gasteiger partial charge in [-0.2, -0.15) is 0 Å². The van der Waals surface area contributed by atoms with Gasteiger partial charge < -0.3 is 9.84 Å². The Morgan fingerprint density at radius 3 is 2.64 bits per heavy atom. The first-order valence-electron chi connectivity index (χ1n) is 11.3. The molecule has 0 radical (unpaired) electrons. The van der Waals surface area contributed by atoms with Gasteiger partial charge in [0.15, 0.2) is 0 Å². The standard InChI is InChI=1S/C26H28Cl2N2O2.ClH/c1-3-15-14-30-9-8-16(15)11-25(30)26(31)20-13-24(17-4-6-21(27)22(28)10-17)29-23-7-5-18(32-2)12-19(20)23;/h4-7,10,12-13,15-16,25-26,31H,3,8-9,11,14H2,1-2H3;1H/t15-,16-,25?,26+;/m0./s1. The van der Waals surface area contributed by atoms with Crippen LogP contribution in [0.5, 0.6) is 5.75 Å². The molecule has 4 nitrogen and oxygen atoms in total. The van der Waals surface area contributed by atoms with Gasteiger partial charge in [-0.05, 0) is 73.2 Å². The second-order valence-electron chi connectivity index (χ2n) is 9.07. The first kappa shape index (κ1) is 24.6. The number of piperidine rings is 3. The topological polar surface area (TPSA) is 45.6 Å². The molecule has 0 spiro atoms. The van der Waals surface area contributed by atoms with Crippen molar-refractivity contribution < 1.29 is 9.84 Å². The van der Waals surface area contributed by atoms with Gasteiger partial charge in [-0.1, -0.05) is 42.6 Å². The predicted octanol–water partition coefficient (Wildman–Crippen LogP) is 6.79. The van der Waals surface area contributed by atoms with E-state index in [-0.39, 0.29) is 18.4 Å². The fraction of sp³-hybridized carbons (Fsp3) is 0.423. The third-order valence-electron chi connectivity index (χ3n) is 7.41. The van der Waals surface area contributed by atoms with Crippen LogP contribution < -0.4 is 4.74 Å². The predicted molar refractivity (Wildman–Crippen MR) is 138 cm³/mol. The second-order valence-corrected chi connectivity index (χ2v) is 9.88. The maximum Gasteiger partial charge on any atom is 0.119 e. The van der Waals surface area contributed by atoms with Gasteiger partial charge in [0.1, 0.15) is 5.75 Å². The largest absolute Gasteiger partial charge is 0.497 e. The average Bonchev–Trinajstić information content (AvgIpc) is 2.84. The van der Waals surface area contributed by atoms with Crippen LogP contribution in [0.2, 0.25) is 10.0 Å². The Hall–Kier alpha value is -1.56. The van der Waals surface area contributed by atoms with Crippen molar-refractivity contribution in [2.75, 3.05) is 20.2 Å². The van der Waals surface area contributed by atoms with Crippen LogP contribution in [0.3, 0.4) is 0 Å². The summed E-state index contributed by atoms with van der Waals surface area (Å²) < 4.78 is 5.47. The van der Waals surface area contributed by atoms with Gasteiger partial charge in [0.2, 0.25) is 0 Å². The second kappa shape index (κ2) is 9.97. The van der Waals surface area contributed by atoms with Crippen molar-refractivity contribution in [3.8, 4) is 17.0 Å². The summed E-state index contributed by atoms with van der Waals surface area (Å²) in [6, 6.07) is 13.5. The van der Waals surface area contributed by atoms with Crippen LogP contribution >= 0.6 is 35.6 Å². The number of halogens is 3. The molecule has 7 heteroatoms. The molecule has 3 aliphatic heterocycles. The van der Waals surface area contributed by atoms with E-state index in [0.29, 0.717) is 16.0 Å². The minimum Gasteiger partial charge on any atom is -0.497 e. The van der Waals surface area contributed by atoms with Crippen LogP contribution in [0.4, 0.5) is 0 Å². The molecule has 5 atom stereocenters. The molecule has 0 aliphatic carbocycles. The highest BCUT2D eigenvalue weighted by molar-refractivity contribution is 6.42. The monoisotopic (exact) mass is 506 g/mol. The normalized spacial score (nSPS) is 25.0. The fourth-order valence-corrected chi connectivity index (χ4v) is 5.88. The lowest BCUT2D eigenvalue weighted by Crippen LogP contribution is -2.55. The van der Waals surface area contributed by atoms with E-state index in [1.807, 2.05) is 36.4 Å². The molecule has 2 bridgehead atoms. The van der Waals surface area contributed by atoms with Crippen molar-refractivity contribution in [3.05, 3.63) is 58.1 Å². The molecule has 3 saturated heterocycles. The van der Waals surface area contributed by atoms with Crippen LogP contribution in [0.1, 0.15) is 37.9 Å². The van der Waals surface area contributed by atoms with E-state index in [0.717, 1.165) is 58.9 Å². The number of rotatable bonds is 5. The Bertz CT molecular complexity index is 1160. The molecule has 0 saturated carbocycles. The van der Waals surface area contributed by atoms with Gasteiger partial charge in [-0.15, -0.1) is 12.4 Å². The lowest BCUT2D eigenvalue weighted by atomic mass is 9.72. The van der Waals surface area contributed by atoms with E-state index < -0.39 is 6.10 Å². The minimum atomic E-state index is -0.602. The van der Waals surface area contributed by atoms with E-state index in [2.05, 4.69) is 11.8 Å². The van der Waals surface area contributed by atoms with E-state index in [1.165, 1.54) is 12.8 Å². The Balaban J connectivity index is 0.00000259. The fourth-order valence-electron chi connectivity index (χ4n) is 5.58. The lowest BCUT2D eigenvalue weighted by molar-refractivity contribution is -0.0562. The number of pyridine rings is 1. The zero-order valence-electron chi connectivity index (χ0n) is 18.8. The smallest absolute Gasteiger partial charge is 0.119 e. The molecular weight excluding hydrogens is 479 g/mol. The van der Waals surface area contributed by atoms with Crippen LogP contribution in [0.15, 0.2) is 42.5 Å². The number of aliphatic hydroxyl groups is 1. The van der Waals surface area contributed by atoms with Gasteiger partial charge in [-0.25, -0.2) is 4.98 Å². The van der Waals surface area contributed by atoms with Gasteiger partial charge in [-0.3, -0.25) is 4.90 Å². The van der Waals surface area contributed by atoms with Crippen molar-refractivity contribution >= 4 is 46.5 Å². The molecular formula is C26H29Cl3N2O2. The maximum atomic E-state index is 11.7. The molecule has 1 N–H and O–H groups in total. The summed E-state index contributed by atoms with van der Waals surface area (Å²) >= 11 is 12.4. The number of fused-ring (bicyclic) bond motifs is 4. The minimum absolute atomic E-state index is 0. The van der Waals surface area contributed by atoms with E-state index in [4.69, 9.17) is 32.9 Å². The van der Waals surface area contributed by atoms with Gasteiger partial charge in [0.05, 0.1) is 34.5 Å². The summed E-state index contributed by atoms with van der Waals surface area (Å²) in [6.45, 7) is 4.42.